The summed E-state index contributed by atoms with van der Waals surface area (Å²) in [5.41, 5.74) is 2.53. The molecule has 2 aromatic carbocycles. The highest BCUT2D eigenvalue weighted by Crippen LogP contribution is 2.38. The number of carbonyl (C=O) groups is 1. The standard InChI is InChI=1S/C19H12ClN3O3S/c20-14-7-13(8-16-17(14)26-6-5-25-16)18(24)23-19-22-15(10-27-19)12-3-1-11(9-21)2-4-12/h1-4,7-8,10H,5-6H2,(H,22,23,24). The minimum Gasteiger partial charge on any atom is -0.486 e. The minimum atomic E-state index is -0.338. The molecule has 0 aliphatic carbocycles. The van der Waals surface area contributed by atoms with Gasteiger partial charge in [0.1, 0.15) is 13.2 Å². The van der Waals surface area contributed by atoms with Gasteiger partial charge in [0.2, 0.25) is 0 Å². The van der Waals surface area contributed by atoms with Gasteiger partial charge in [0.15, 0.2) is 16.6 Å². The van der Waals surface area contributed by atoms with Crippen molar-refractivity contribution in [2.45, 2.75) is 0 Å². The summed E-state index contributed by atoms with van der Waals surface area (Å²) in [5.74, 6) is 0.572. The number of aromatic nitrogens is 1. The van der Waals surface area contributed by atoms with Gasteiger partial charge in [0, 0.05) is 16.5 Å². The van der Waals surface area contributed by atoms with Crippen LogP contribution in [0.5, 0.6) is 11.5 Å². The van der Waals surface area contributed by atoms with E-state index in [-0.39, 0.29) is 5.91 Å². The van der Waals surface area contributed by atoms with Gasteiger partial charge in [-0.15, -0.1) is 11.3 Å². The molecule has 4 rings (SSSR count). The summed E-state index contributed by atoms with van der Waals surface area (Å²) >= 11 is 7.50. The first-order valence-corrected chi connectivity index (χ1v) is 9.26. The molecule has 27 heavy (non-hydrogen) atoms. The van der Waals surface area contributed by atoms with Crippen LogP contribution in [0.1, 0.15) is 15.9 Å². The van der Waals surface area contributed by atoms with Gasteiger partial charge in [-0.2, -0.15) is 5.26 Å². The van der Waals surface area contributed by atoms with Gasteiger partial charge in [-0.05, 0) is 24.3 Å². The Balaban J connectivity index is 1.53. The van der Waals surface area contributed by atoms with Crippen molar-refractivity contribution >= 4 is 34.0 Å². The van der Waals surface area contributed by atoms with Crippen LogP contribution in [0.4, 0.5) is 5.13 Å². The number of ether oxygens (including phenoxy) is 2. The molecule has 1 N–H and O–H groups in total. The second kappa shape index (κ2) is 7.27. The lowest BCUT2D eigenvalue weighted by atomic mass is 10.1. The highest BCUT2D eigenvalue weighted by Gasteiger charge is 2.20. The summed E-state index contributed by atoms with van der Waals surface area (Å²) < 4.78 is 11.0. The van der Waals surface area contributed by atoms with Crippen molar-refractivity contribution in [1.82, 2.24) is 4.98 Å². The second-order valence-electron chi connectivity index (χ2n) is 5.66. The first-order chi connectivity index (χ1) is 13.1. The maximum Gasteiger partial charge on any atom is 0.257 e. The van der Waals surface area contributed by atoms with Crippen molar-refractivity contribution < 1.29 is 14.3 Å². The molecule has 1 amide bonds. The van der Waals surface area contributed by atoms with Gasteiger partial charge in [0.25, 0.3) is 5.91 Å². The van der Waals surface area contributed by atoms with Crippen LogP contribution in [0, 0.1) is 11.3 Å². The molecule has 0 fully saturated rings. The average molecular weight is 398 g/mol. The lowest BCUT2D eigenvalue weighted by Gasteiger charge is -2.20. The molecule has 0 radical (unpaired) electrons. The Kier molecular flexibility index (Phi) is 4.67. The van der Waals surface area contributed by atoms with Crippen LogP contribution in [0.25, 0.3) is 11.3 Å². The molecule has 3 aromatic rings. The van der Waals surface area contributed by atoms with Crippen molar-refractivity contribution in [3.8, 4) is 28.8 Å². The van der Waals surface area contributed by atoms with E-state index in [0.717, 1.165) is 11.3 Å². The predicted molar refractivity (Wildman–Crippen MR) is 103 cm³/mol. The van der Waals surface area contributed by atoms with Crippen molar-refractivity contribution in [3.05, 3.63) is 57.9 Å². The number of fused-ring (bicyclic) bond motifs is 1. The zero-order valence-electron chi connectivity index (χ0n) is 13.9. The molecule has 0 saturated heterocycles. The van der Waals surface area contributed by atoms with Crippen molar-refractivity contribution in [2.75, 3.05) is 18.5 Å². The molecule has 1 aliphatic heterocycles. The number of carbonyl (C=O) groups excluding carboxylic acids is 1. The predicted octanol–water partition coefficient (Wildman–Crippen LogP) is 4.36. The normalized spacial score (nSPS) is 12.3. The molecule has 1 aliphatic rings. The van der Waals surface area contributed by atoms with Gasteiger partial charge in [-0.25, -0.2) is 4.98 Å². The number of hydrogen-bond acceptors (Lipinski definition) is 6. The molecule has 0 bridgehead atoms. The highest BCUT2D eigenvalue weighted by molar-refractivity contribution is 7.14. The summed E-state index contributed by atoms with van der Waals surface area (Å²) in [6, 6.07) is 12.3. The van der Waals surface area contributed by atoms with Crippen molar-refractivity contribution in [3.63, 3.8) is 0 Å². The topological polar surface area (TPSA) is 84.2 Å². The molecule has 6 nitrogen and oxygen atoms in total. The van der Waals surface area contributed by atoms with Gasteiger partial charge in [-0.3, -0.25) is 10.1 Å². The second-order valence-corrected chi connectivity index (χ2v) is 6.93. The number of hydrogen-bond donors (Lipinski definition) is 1. The number of halogens is 1. The van der Waals surface area contributed by atoms with Crippen molar-refractivity contribution in [2.24, 2.45) is 0 Å². The van der Waals surface area contributed by atoms with E-state index in [9.17, 15) is 4.79 Å². The molecule has 0 atom stereocenters. The first-order valence-electron chi connectivity index (χ1n) is 8.00. The number of rotatable bonds is 3. The Bertz CT molecular complexity index is 1060. The van der Waals surface area contributed by atoms with E-state index in [1.54, 1.807) is 24.3 Å². The zero-order valence-corrected chi connectivity index (χ0v) is 15.4. The summed E-state index contributed by atoms with van der Waals surface area (Å²) in [6.45, 7) is 0.838. The molecule has 134 valence electrons. The van der Waals surface area contributed by atoms with Gasteiger partial charge < -0.3 is 9.47 Å². The third-order valence-corrected chi connectivity index (χ3v) is 4.93. The number of benzene rings is 2. The molecule has 0 saturated carbocycles. The lowest BCUT2D eigenvalue weighted by molar-refractivity contribution is 0.102. The van der Waals surface area contributed by atoms with Crippen molar-refractivity contribution in [1.29, 1.82) is 5.26 Å². The number of nitrogens with zero attached hydrogens (tertiary/aromatic N) is 2. The van der Waals surface area contributed by atoms with Crippen LogP contribution in [0.15, 0.2) is 41.8 Å². The monoisotopic (exact) mass is 397 g/mol. The quantitative estimate of drug-likeness (QED) is 0.709. The smallest absolute Gasteiger partial charge is 0.257 e. The Morgan fingerprint density at radius 2 is 2.00 bits per heavy atom. The minimum absolute atomic E-state index is 0.328. The Hall–Kier alpha value is -3.08. The van der Waals surface area contributed by atoms with Gasteiger partial charge in [0.05, 0.1) is 22.3 Å². The zero-order chi connectivity index (χ0) is 18.8. The van der Waals surface area contributed by atoms with E-state index in [2.05, 4.69) is 16.4 Å². The largest absolute Gasteiger partial charge is 0.486 e. The average Bonchev–Trinajstić information content (AvgIpc) is 3.16. The van der Waals surface area contributed by atoms with E-state index >= 15 is 0 Å². The number of amides is 1. The van der Waals surface area contributed by atoms with E-state index in [4.69, 9.17) is 26.3 Å². The van der Waals surface area contributed by atoms with E-state index in [1.165, 1.54) is 11.3 Å². The van der Waals surface area contributed by atoms with E-state index in [0.29, 0.717) is 46.0 Å². The molecule has 0 spiro atoms. The SMILES string of the molecule is N#Cc1ccc(-c2csc(NC(=O)c3cc(Cl)c4c(c3)OCCO4)n2)cc1. The molecule has 8 heteroatoms. The number of thiazole rings is 1. The van der Waals surface area contributed by atoms with Crippen LogP contribution in [0.2, 0.25) is 5.02 Å². The fourth-order valence-corrected chi connectivity index (χ4v) is 3.57. The summed E-state index contributed by atoms with van der Waals surface area (Å²) in [5, 5.41) is 14.3. The molecular formula is C19H12ClN3O3S. The Labute approximate surface area is 163 Å². The number of nitrogens with one attached hydrogen (secondary N) is 1. The first kappa shape index (κ1) is 17.3. The van der Waals surface area contributed by atoms with Crippen LogP contribution < -0.4 is 14.8 Å². The summed E-state index contributed by atoms with van der Waals surface area (Å²) in [7, 11) is 0. The molecule has 2 heterocycles. The van der Waals surface area contributed by atoms with E-state index < -0.39 is 0 Å². The van der Waals surface area contributed by atoms with Crippen LogP contribution in [-0.4, -0.2) is 24.1 Å². The third kappa shape index (κ3) is 3.58. The maximum absolute atomic E-state index is 12.5. The van der Waals surface area contributed by atoms with Crippen LogP contribution >= 0.6 is 22.9 Å². The molecular weight excluding hydrogens is 386 g/mol. The molecule has 1 aromatic heterocycles. The van der Waals surface area contributed by atoms with Gasteiger partial charge >= 0.3 is 0 Å². The highest BCUT2D eigenvalue weighted by atomic mass is 35.5. The van der Waals surface area contributed by atoms with Gasteiger partial charge in [-0.1, -0.05) is 23.7 Å². The molecule has 0 unspecified atom stereocenters. The van der Waals surface area contributed by atoms with E-state index in [1.807, 2.05) is 17.5 Å². The van der Waals surface area contributed by atoms with Crippen LogP contribution in [-0.2, 0) is 0 Å². The summed E-state index contributed by atoms with van der Waals surface area (Å²) in [6.07, 6.45) is 0. The summed E-state index contributed by atoms with van der Waals surface area (Å²) in [4.78, 5) is 17.0. The Morgan fingerprint density at radius 3 is 2.78 bits per heavy atom. The fraction of sp³-hybridized carbons (Fsp3) is 0.105. The maximum atomic E-state index is 12.5. The number of nitriles is 1. The fourth-order valence-electron chi connectivity index (χ4n) is 2.59. The number of anilines is 1. The van der Waals surface area contributed by atoms with Crippen LogP contribution in [0.3, 0.4) is 0 Å². The Morgan fingerprint density at radius 1 is 1.22 bits per heavy atom. The third-order valence-electron chi connectivity index (χ3n) is 3.89. The lowest BCUT2D eigenvalue weighted by Crippen LogP contribution is -2.17.